The van der Waals surface area contributed by atoms with Crippen molar-refractivity contribution < 1.29 is 18.0 Å². The summed E-state index contributed by atoms with van der Waals surface area (Å²) in [5.41, 5.74) is 2.78. The summed E-state index contributed by atoms with van der Waals surface area (Å²) in [6, 6.07) is 13.7. The van der Waals surface area contributed by atoms with E-state index in [0.29, 0.717) is 5.69 Å². The van der Waals surface area contributed by atoms with Crippen LogP contribution in [0.1, 0.15) is 18.1 Å². The van der Waals surface area contributed by atoms with E-state index in [1.165, 1.54) is 17.7 Å². The van der Waals surface area contributed by atoms with Crippen molar-refractivity contribution in [2.24, 2.45) is 0 Å². The van der Waals surface area contributed by atoms with Crippen LogP contribution in [-0.4, -0.2) is 31.7 Å². The molecule has 0 aromatic heterocycles. The molecule has 0 radical (unpaired) electrons. The first-order chi connectivity index (χ1) is 12.8. The van der Waals surface area contributed by atoms with Crippen LogP contribution in [0.2, 0.25) is 0 Å². The Balaban J connectivity index is 1.77. The Morgan fingerprint density at radius 1 is 0.926 bits per heavy atom. The third kappa shape index (κ3) is 6.73. The lowest BCUT2D eigenvalue weighted by molar-refractivity contribution is -0.116. The molecule has 2 amide bonds. The third-order valence-corrected chi connectivity index (χ3v) is 6.01. The van der Waals surface area contributed by atoms with Crippen LogP contribution in [0, 0.1) is 6.92 Å². The molecule has 0 bridgehead atoms. The van der Waals surface area contributed by atoms with Crippen molar-refractivity contribution in [3.8, 4) is 0 Å². The van der Waals surface area contributed by atoms with E-state index in [2.05, 4.69) is 5.32 Å². The number of thioether (sulfide) groups is 1. The predicted octanol–water partition coefficient (Wildman–Crippen LogP) is 2.73. The zero-order valence-electron chi connectivity index (χ0n) is 15.2. The molecule has 0 unspecified atom stereocenters. The molecule has 0 fully saturated rings. The molecule has 0 atom stereocenters. The minimum absolute atomic E-state index is 0.0275. The van der Waals surface area contributed by atoms with Gasteiger partial charge in [0.2, 0.25) is 11.8 Å². The lowest BCUT2D eigenvalue weighted by Crippen LogP contribution is -2.32. The number of carbonyl (C=O) groups is 2. The number of aryl methyl sites for hydroxylation is 2. The van der Waals surface area contributed by atoms with Crippen molar-refractivity contribution in [3.63, 3.8) is 0 Å². The molecule has 0 aliphatic heterocycles. The molecular formula is C19H22N2O4S2. The van der Waals surface area contributed by atoms with Gasteiger partial charge in [-0.25, -0.2) is 13.1 Å². The lowest BCUT2D eigenvalue weighted by Gasteiger charge is -2.08. The van der Waals surface area contributed by atoms with Crippen LogP contribution in [0.15, 0.2) is 53.4 Å². The van der Waals surface area contributed by atoms with E-state index in [-0.39, 0.29) is 22.3 Å². The molecule has 6 nitrogen and oxygen atoms in total. The monoisotopic (exact) mass is 406 g/mol. The van der Waals surface area contributed by atoms with Gasteiger partial charge in [-0.1, -0.05) is 36.8 Å². The number of carbonyl (C=O) groups excluding carboxylic acids is 2. The Labute approximate surface area is 163 Å². The fourth-order valence-electron chi connectivity index (χ4n) is 2.21. The van der Waals surface area contributed by atoms with E-state index in [9.17, 15) is 18.0 Å². The highest BCUT2D eigenvalue weighted by atomic mass is 32.2. The first kappa shape index (κ1) is 21.0. The van der Waals surface area contributed by atoms with Gasteiger partial charge in [-0.05, 0) is 43.2 Å². The second-order valence-corrected chi connectivity index (χ2v) is 8.60. The van der Waals surface area contributed by atoms with E-state index < -0.39 is 15.9 Å². The van der Waals surface area contributed by atoms with Gasteiger partial charge in [-0.2, -0.15) is 0 Å². The van der Waals surface area contributed by atoms with Crippen LogP contribution in [0.3, 0.4) is 0 Å². The van der Waals surface area contributed by atoms with Crippen molar-refractivity contribution >= 4 is 39.3 Å². The molecule has 0 saturated heterocycles. The van der Waals surface area contributed by atoms with Crippen molar-refractivity contribution in [1.82, 2.24) is 4.72 Å². The molecule has 0 spiro atoms. The van der Waals surface area contributed by atoms with E-state index in [1.807, 2.05) is 42.8 Å². The van der Waals surface area contributed by atoms with E-state index in [0.717, 1.165) is 23.7 Å². The number of hydrogen-bond donors (Lipinski definition) is 2. The van der Waals surface area contributed by atoms with Crippen LogP contribution in [0.5, 0.6) is 0 Å². The summed E-state index contributed by atoms with van der Waals surface area (Å²) < 4.78 is 26.3. The van der Waals surface area contributed by atoms with E-state index >= 15 is 0 Å². The van der Waals surface area contributed by atoms with Crippen LogP contribution < -0.4 is 10.0 Å². The number of benzene rings is 2. The quantitative estimate of drug-likeness (QED) is 0.703. The second-order valence-electron chi connectivity index (χ2n) is 5.93. The van der Waals surface area contributed by atoms with Crippen molar-refractivity contribution in [2.75, 3.05) is 16.8 Å². The van der Waals surface area contributed by atoms with Gasteiger partial charge in [0.15, 0.2) is 0 Å². The van der Waals surface area contributed by atoms with Crippen molar-refractivity contribution in [3.05, 3.63) is 59.7 Å². The van der Waals surface area contributed by atoms with Gasteiger partial charge in [0.05, 0.1) is 16.4 Å². The Kier molecular flexibility index (Phi) is 7.44. The van der Waals surface area contributed by atoms with Crippen LogP contribution in [-0.2, 0) is 26.0 Å². The average Bonchev–Trinajstić information content (AvgIpc) is 2.62. The van der Waals surface area contributed by atoms with Gasteiger partial charge in [0, 0.05) is 5.69 Å². The summed E-state index contributed by atoms with van der Waals surface area (Å²) in [7, 11) is -3.90. The van der Waals surface area contributed by atoms with Crippen LogP contribution in [0.25, 0.3) is 0 Å². The number of anilines is 1. The standard InChI is InChI=1S/C19H22N2O4S2/c1-3-15-6-8-16(9-7-15)20-18(22)12-26-13-19(23)21-27(24,25)17-10-4-14(2)5-11-17/h4-11H,3,12-13H2,1-2H3,(H,20,22)(H,21,23). The third-order valence-electron chi connectivity index (χ3n) is 3.69. The summed E-state index contributed by atoms with van der Waals surface area (Å²) >= 11 is 1.05. The molecule has 0 aliphatic rings. The first-order valence-electron chi connectivity index (χ1n) is 8.39. The molecule has 0 heterocycles. The number of rotatable bonds is 8. The number of hydrogen-bond acceptors (Lipinski definition) is 5. The Bertz CT molecular complexity index is 892. The number of amides is 2. The Hall–Kier alpha value is -2.32. The predicted molar refractivity (Wildman–Crippen MR) is 108 cm³/mol. The van der Waals surface area contributed by atoms with E-state index in [1.54, 1.807) is 12.1 Å². The summed E-state index contributed by atoms with van der Waals surface area (Å²) in [6.07, 6.45) is 0.921. The Morgan fingerprint density at radius 2 is 1.52 bits per heavy atom. The highest BCUT2D eigenvalue weighted by Crippen LogP contribution is 2.12. The molecule has 2 aromatic rings. The maximum atomic E-state index is 12.1. The number of nitrogens with one attached hydrogen (secondary N) is 2. The summed E-state index contributed by atoms with van der Waals surface area (Å²) in [5.74, 6) is -1.00. The highest BCUT2D eigenvalue weighted by Gasteiger charge is 2.17. The average molecular weight is 407 g/mol. The van der Waals surface area contributed by atoms with Crippen LogP contribution >= 0.6 is 11.8 Å². The maximum Gasteiger partial charge on any atom is 0.264 e. The fraction of sp³-hybridized carbons (Fsp3) is 0.263. The molecular weight excluding hydrogens is 384 g/mol. The molecule has 2 aromatic carbocycles. The van der Waals surface area contributed by atoms with Gasteiger partial charge in [0.25, 0.3) is 10.0 Å². The maximum absolute atomic E-state index is 12.1. The number of sulfonamides is 1. The highest BCUT2D eigenvalue weighted by molar-refractivity contribution is 8.00. The van der Waals surface area contributed by atoms with Gasteiger partial charge >= 0.3 is 0 Å². The topological polar surface area (TPSA) is 92.3 Å². The summed E-state index contributed by atoms with van der Waals surface area (Å²) in [4.78, 5) is 23.8. The van der Waals surface area contributed by atoms with Crippen LogP contribution in [0.4, 0.5) is 5.69 Å². The molecule has 2 N–H and O–H groups in total. The molecule has 27 heavy (non-hydrogen) atoms. The molecule has 0 aliphatic carbocycles. The first-order valence-corrected chi connectivity index (χ1v) is 11.0. The Morgan fingerprint density at radius 3 is 2.11 bits per heavy atom. The summed E-state index contributed by atoms with van der Waals surface area (Å²) in [6.45, 7) is 3.89. The lowest BCUT2D eigenvalue weighted by atomic mass is 10.1. The summed E-state index contributed by atoms with van der Waals surface area (Å²) in [5, 5.41) is 2.74. The molecule has 2 rings (SSSR count). The van der Waals surface area contributed by atoms with Gasteiger partial charge in [-0.15, -0.1) is 11.8 Å². The smallest absolute Gasteiger partial charge is 0.264 e. The van der Waals surface area contributed by atoms with Gasteiger partial charge < -0.3 is 5.32 Å². The fourth-order valence-corrected chi connectivity index (χ4v) is 3.91. The zero-order valence-corrected chi connectivity index (χ0v) is 16.8. The van der Waals surface area contributed by atoms with E-state index in [4.69, 9.17) is 0 Å². The molecule has 0 saturated carbocycles. The minimum Gasteiger partial charge on any atom is -0.325 e. The molecule has 8 heteroatoms. The van der Waals surface area contributed by atoms with Crippen molar-refractivity contribution in [1.29, 1.82) is 0 Å². The zero-order chi connectivity index (χ0) is 19.9. The van der Waals surface area contributed by atoms with Crippen molar-refractivity contribution in [2.45, 2.75) is 25.2 Å². The van der Waals surface area contributed by atoms with Gasteiger partial charge in [-0.3, -0.25) is 9.59 Å². The molecule has 144 valence electrons. The largest absolute Gasteiger partial charge is 0.325 e. The normalized spacial score (nSPS) is 11.0. The second kappa shape index (κ2) is 9.57. The minimum atomic E-state index is -3.90. The van der Waals surface area contributed by atoms with Gasteiger partial charge in [0.1, 0.15) is 0 Å². The SMILES string of the molecule is CCc1ccc(NC(=O)CSCC(=O)NS(=O)(=O)c2ccc(C)cc2)cc1.